The lowest BCUT2D eigenvalue weighted by Crippen LogP contribution is -2.39. The topological polar surface area (TPSA) is 67.2 Å². The van der Waals surface area contributed by atoms with Gasteiger partial charge in [0.15, 0.2) is 5.82 Å². The average Bonchev–Trinajstić information content (AvgIpc) is 2.71. The van der Waals surface area contributed by atoms with Crippen LogP contribution in [0.1, 0.15) is 6.42 Å². The van der Waals surface area contributed by atoms with Crippen LogP contribution >= 0.6 is 11.8 Å². The van der Waals surface area contributed by atoms with Crippen molar-refractivity contribution < 1.29 is 9.32 Å². The molecular weight excluding hydrogens is 214 g/mol. The summed E-state index contributed by atoms with van der Waals surface area (Å²) in [6.07, 6.45) is 1.92. The molecule has 5 nitrogen and oxygen atoms in total. The zero-order valence-electron chi connectivity index (χ0n) is 8.23. The summed E-state index contributed by atoms with van der Waals surface area (Å²) in [5.41, 5.74) is 0. The number of aromatic nitrogens is 1. The maximum atomic E-state index is 11.5. The molecule has 1 aliphatic rings. The van der Waals surface area contributed by atoms with Gasteiger partial charge < -0.3 is 15.2 Å². The summed E-state index contributed by atoms with van der Waals surface area (Å²) >= 11 is 1.88. The molecule has 6 heteroatoms. The van der Waals surface area contributed by atoms with Crippen LogP contribution in [0, 0.1) is 0 Å². The SMILES string of the molecule is O=C(CC1CSCCN1)Nc1ccon1. The van der Waals surface area contributed by atoms with Gasteiger partial charge in [0.25, 0.3) is 0 Å². The second kappa shape index (κ2) is 5.18. The minimum atomic E-state index is -0.0242. The van der Waals surface area contributed by atoms with Crippen molar-refractivity contribution >= 4 is 23.5 Å². The summed E-state index contributed by atoms with van der Waals surface area (Å²) < 4.78 is 4.62. The van der Waals surface area contributed by atoms with Crippen molar-refractivity contribution in [3.05, 3.63) is 12.3 Å². The molecule has 1 fully saturated rings. The number of nitrogens with one attached hydrogen (secondary N) is 2. The monoisotopic (exact) mass is 227 g/mol. The standard InChI is InChI=1S/C9H13N3O2S/c13-9(11-8-1-3-14-12-8)5-7-6-15-4-2-10-7/h1,3,7,10H,2,4-6H2,(H,11,12,13). The summed E-state index contributed by atoms with van der Waals surface area (Å²) in [5, 5.41) is 9.60. The van der Waals surface area contributed by atoms with E-state index in [9.17, 15) is 4.79 Å². The zero-order chi connectivity index (χ0) is 10.5. The van der Waals surface area contributed by atoms with Crippen molar-refractivity contribution in [3.63, 3.8) is 0 Å². The Labute approximate surface area is 92.0 Å². The fourth-order valence-electron chi connectivity index (χ4n) is 1.45. The molecule has 1 unspecified atom stereocenters. The highest BCUT2D eigenvalue weighted by Crippen LogP contribution is 2.11. The molecule has 2 N–H and O–H groups in total. The van der Waals surface area contributed by atoms with Gasteiger partial charge in [0.05, 0.1) is 0 Å². The number of hydrogen-bond donors (Lipinski definition) is 2. The minimum absolute atomic E-state index is 0.0242. The fourth-order valence-corrected chi connectivity index (χ4v) is 2.39. The van der Waals surface area contributed by atoms with Gasteiger partial charge in [-0.05, 0) is 0 Å². The molecule has 2 heterocycles. The van der Waals surface area contributed by atoms with E-state index in [1.165, 1.54) is 6.26 Å². The third-order valence-corrected chi connectivity index (χ3v) is 3.27. The molecule has 1 atom stereocenters. The third-order valence-electron chi connectivity index (χ3n) is 2.14. The maximum Gasteiger partial charge on any atom is 0.227 e. The van der Waals surface area contributed by atoms with Gasteiger partial charge in [0, 0.05) is 36.6 Å². The van der Waals surface area contributed by atoms with E-state index in [4.69, 9.17) is 0 Å². The van der Waals surface area contributed by atoms with Gasteiger partial charge in [-0.1, -0.05) is 5.16 Å². The Balaban J connectivity index is 1.76. The quantitative estimate of drug-likeness (QED) is 0.796. The van der Waals surface area contributed by atoms with Crippen molar-refractivity contribution in [3.8, 4) is 0 Å². The Morgan fingerprint density at radius 1 is 1.80 bits per heavy atom. The van der Waals surface area contributed by atoms with Gasteiger partial charge >= 0.3 is 0 Å². The highest BCUT2D eigenvalue weighted by atomic mass is 32.2. The van der Waals surface area contributed by atoms with Gasteiger partial charge in [-0.2, -0.15) is 11.8 Å². The molecule has 0 spiro atoms. The van der Waals surface area contributed by atoms with E-state index >= 15 is 0 Å². The number of hydrogen-bond acceptors (Lipinski definition) is 5. The Kier molecular flexibility index (Phi) is 3.63. The molecule has 1 amide bonds. The third kappa shape index (κ3) is 3.24. The van der Waals surface area contributed by atoms with Crippen LogP contribution in [0.25, 0.3) is 0 Å². The molecule has 1 aromatic rings. The molecule has 0 aromatic carbocycles. The molecule has 0 aliphatic carbocycles. The van der Waals surface area contributed by atoms with E-state index < -0.39 is 0 Å². The first kappa shape index (κ1) is 10.5. The van der Waals surface area contributed by atoms with Gasteiger partial charge in [-0.3, -0.25) is 4.79 Å². The van der Waals surface area contributed by atoms with E-state index in [2.05, 4.69) is 20.3 Å². The molecule has 15 heavy (non-hydrogen) atoms. The van der Waals surface area contributed by atoms with Crippen LogP contribution in [0.5, 0.6) is 0 Å². The van der Waals surface area contributed by atoms with E-state index in [0.29, 0.717) is 12.2 Å². The number of amides is 1. The lowest BCUT2D eigenvalue weighted by molar-refractivity contribution is -0.116. The summed E-state index contributed by atoms with van der Waals surface area (Å²) in [4.78, 5) is 11.5. The minimum Gasteiger partial charge on any atom is -0.363 e. The van der Waals surface area contributed by atoms with Crippen LogP contribution in [-0.4, -0.2) is 35.2 Å². The van der Waals surface area contributed by atoms with Crippen LogP contribution in [0.2, 0.25) is 0 Å². The highest BCUT2D eigenvalue weighted by molar-refractivity contribution is 7.99. The Morgan fingerprint density at radius 2 is 2.73 bits per heavy atom. The first-order valence-electron chi connectivity index (χ1n) is 4.86. The van der Waals surface area contributed by atoms with Crippen LogP contribution < -0.4 is 10.6 Å². The van der Waals surface area contributed by atoms with Crippen molar-refractivity contribution in [1.29, 1.82) is 0 Å². The molecule has 1 saturated heterocycles. The molecule has 1 aromatic heterocycles. The number of thioether (sulfide) groups is 1. The largest absolute Gasteiger partial charge is 0.363 e. The molecule has 0 saturated carbocycles. The maximum absolute atomic E-state index is 11.5. The lowest BCUT2D eigenvalue weighted by atomic mass is 10.2. The molecular formula is C9H13N3O2S. The lowest BCUT2D eigenvalue weighted by Gasteiger charge is -2.22. The normalized spacial score (nSPS) is 21.2. The first-order chi connectivity index (χ1) is 7.34. The van der Waals surface area contributed by atoms with Crippen LogP contribution in [-0.2, 0) is 4.79 Å². The molecule has 0 bridgehead atoms. The molecule has 0 radical (unpaired) electrons. The summed E-state index contributed by atoms with van der Waals surface area (Å²) in [7, 11) is 0. The van der Waals surface area contributed by atoms with Gasteiger partial charge in [-0.25, -0.2) is 0 Å². The first-order valence-corrected chi connectivity index (χ1v) is 6.01. The van der Waals surface area contributed by atoms with E-state index in [1.807, 2.05) is 11.8 Å². The molecule has 82 valence electrons. The number of carbonyl (C=O) groups excluding carboxylic acids is 1. The van der Waals surface area contributed by atoms with Crippen LogP contribution in [0.4, 0.5) is 5.82 Å². The predicted octanol–water partition coefficient (Wildman–Crippen LogP) is 0.708. The van der Waals surface area contributed by atoms with Crippen LogP contribution in [0.3, 0.4) is 0 Å². The van der Waals surface area contributed by atoms with E-state index in [0.717, 1.165) is 18.1 Å². The summed E-state index contributed by atoms with van der Waals surface area (Å²) in [6, 6.07) is 1.90. The van der Waals surface area contributed by atoms with Crippen molar-refractivity contribution in [2.75, 3.05) is 23.4 Å². The van der Waals surface area contributed by atoms with Crippen LogP contribution in [0.15, 0.2) is 16.9 Å². The average molecular weight is 227 g/mol. The summed E-state index contributed by atoms with van der Waals surface area (Å²) in [5.74, 6) is 2.57. The number of carbonyl (C=O) groups is 1. The highest BCUT2D eigenvalue weighted by Gasteiger charge is 2.16. The summed E-state index contributed by atoms with van der Waals surface area (Å²) in [6.45, 7) is 0.979. The van der Waals surface area contributed by atoms with E-state index in [1.54, 1.807) is 6.07 Å². The Hall–Kier alpha value is -1.01. The fraction of sp³-hybridized carbons (Fsp3) is 0.556. The van der Waals surface area contributed by atoms with Crippen molar-refractivity contribution in [2.24, 2.45) is 0 Å². The molecule has 2 rings (SSSR count). The van der Waals surface area contributed by atoms with Gasteiger partial charge in [-0.15, -0.1) is 0 Å². The Morgan fingerprint density at radius 3 is 3.40 bits per heavy atom. The number of rotatable bonds is 3. The smallest absolute Gasteiger partial charge is 0.227 e. The van der Waals surface area contributed by atoms with Crippen molar-refractivity contribution in [2.45, 2.75) is 12.5 Å². The van der Waals surface area contributed by atoms with Gasteiger partial charge in [0.2, 0.25) is 5.91 Å². The second-order valence-electron chi connectivity index (χ2n) is 3.36. The number of anilines is 1. The predicted molar refractivity (Wildman–Crippen MR) is 58.9 cm³/mol. The van der Waals surface area contributed by atoms with Gasteiger partial charge in [0.1, 0.15) is 6.26 Å². The zero-order valence-corrected chi connectivity index (χ0v) is 9.05. The van der Waals surface area contributed by atoms with E-state index in [-0.39, 0.29) is 11.9 Å². The Bertz CT molecular complexity index is 309. The van der Waals surface area contributed by atoms with Crippen molar-refractivity contribution in [1.82, 2.24) is 10.5 Å². The number of nitrogens with zero attached hydrogens (tertiary/aromatic N) is 1. The molecule has 1 aliphatic heterocycles. The second-order valence-corrected chi connectivity index (χ2v) is 4.51.